The molecule has 16 heavy (non-hydrogen) atoms. The summed E-state index contributed by atoms with van der Waals surface area (Å²) >= 11 is 0. The summed E-state index contributed by atoms with van der Waals surface area (Å²) < 4.78 is 4.87. The third-order valence-electron chi connectivity index (χ3n) is 3.17. The number of amides is 1. The number of rotatable bonds is 3. The Bertz CT molecular complexity index is 315. The van der Waals surface area contributed by atoms with Crippen molar-refractivity contribution < 1.29 is 19.4 Å². The largest absolute Gasteiger partial charge is 0.481 e. The first kappa shape index (κ1) is 12.5. The summed E-state index contributed by atoms with van der Waals surface area (Å²) in [5, 5.41) is 9.12. The summed E-state index contributed by atoms with van der Waals surface area (Å²) in [6, 6.07) is 0. The van der Waals surface area contributed by atoms with Crippen molar-refractivity contribution in [2.75, 3.05) is 19.7 Å². The van der Waals surface area contributed by atoms with E-state index in [1.807, 2.05) is 6.92 Å². The Morgan fingerprint density at radius 1 is 1.69 bits per heavy atom. The molecule has 0 aromatic carbocycles. The lowest BCUT2D eigenvalue weighted by Gasteiger charge is -2.22. The van der Waals surface area contributed by atoms with Crippen molar-refractivity contribution in [2.45, 2.75) is 13.8 Å². The van der Waals surface area contributed by atoms with E-state index in [1.165, 1.54) is 11.0 Å². The first-order chi connectivity index (χ1) is 7.41. The van der Waals surface area contributed by atoms with Gasteiger partial charge in [-0.1, -0.05) is 19.6 Å². The Kier molecular flexibility index (Phi) is 3.57. The summed E-state index contributed by atoms with van der Waals surface area (Å²) in [6.07, 6.45) is 1.00. The standard InChI is InChI=1S/C11H17NO4/c1-4-5-16-10(15)12-6-8(2)11(3,7-12)9(13)14/h4,8H,1,5-7H2,2-3H3,(H,13,14)/t8-,11-/m1/s1. The molecule has 0 unspecified atom stereocenters. The highest BCUT2D eigenvalue weighted by molar-refractivity contribution is 5.77. The number of carbonyl (C=O) groups excluding carboxylic acids is 1. The molecule has 1 aliphatic heterocycles. The minimum atomic E-state index is -0.882. The first-order valence-electron chi connectivity index (χ1n) is 5.18. The van der Waals surface area contributed by atoms with E-state index in [0.29, 0.717) is 6.54 Å². The minimum absolute atomic E-state index is 0.0821. The zero-order chi connectivity index (χ0) is 12.3. The lowest BCUT2D eigenvalue weighted by molar-refractivity contribution is -0.148. The van der Waals surface area contributed by atoms with Crippen LogP contribution < -0.4 is 0 Å². The fourth-order valence-electron chi connectivity index (χ4n) is 1.79. The van der Waals surface area contributed by atoms with Gasteiger partial charge in [-0.15, -0.1) is 0 Å². The van der Waals surface area contributed by atoms with Crippen molar-refractivity contribution >= 4 is 12.1 Å². The van der Waals surface area contributed by atoms with E-state index in [9.17, 15) is 9.59 Å². The SMILES string of the molecule is C=CCOC(=O)N1C[C@@H](C)[C@](C)(C(=O)O)C1. The van der Waals surface area contributed by atoms with Gasteiger partial charge < -0.3 is 14.7 Å². The molecule has 1 saturated heterocycles. The second kappa shape index (κ2) is 4.55. The monoisotopic (exact) mass is 227 g/mol. The lowest BCUT2D eigenvalue weighted by atomic mass is 9.81. The summed E-state index contributed by atoms with van der Waals surface area (Å²) in [7, 11) is 0. The topological polar surface area (TPSA) is 66.8 Å². The molecule has 90 valence electrons. The Hall–Kier alpha value is -1.52. The number of likely N-dealkylation sites (tertiary alicyclic amines) is 1. The van der Waals surface area contributed by atoms with Crippen LogP contribution in [0.4, 0.5) is 4.79 Å². The van der Waals surface area contributed by atoms with Crippen LogP contribution in [0.15, 0.2) is 12.7 Å². The minimum Gasteiger partial charge on any atom is -0.481 e. The van der Waals surface area contributed by atoms with Crippen molar-refractivity contribution in [3.63, 3.8) is 0 Å². The van der Waals surface area contributed by atoms with Gasteiger partial charge in [0.15, 0.2) is 0 Å². The van der Waals surface area contributed by atoms with E-state index >= 15 is 0 Å². The predicted molar refractivity (Wildman–Crippen MR) is 58.0 cm³/mol. The summed E-state index contributed by atoms with van der Waals surface area (Å²) in [5.41, 5.74) is -0.882. The van der Waals surface area contributed by atoms with Gasteiger partial charge in [0.25, 0.3) is 0 Å². The first-order valence-corrected chi connectivity index (χ1v) is 5.18. The van der Waals surface area contributed by atoms with Crippen LogP contribution in [0, 0.1) is 11.3 Å². The van der Waals surface area contributed by atoms with Crippen LogP contribution in [0.1, 0.15) is 13.8 Å². The molecule has 0 aromatic heterocycles. The Balaban J connectivity index is 2.66. The van der Waals surface area contributed by atoms with Crippen LogP contribution in [0.3, 0.4) is 0 Å². The van der Waals surface area contributed by atoms with Crippen LogP contribution in [-0.2, 0) is 9.53 Å². The molecule has 0 aromatic rings. The average Bonchev–Trinajstić information content (AvgIpc) is 2.53. The third kappa shape index (κ3) is 2.18. The van der Waals surface area contributed by atoms with Gasteiger partial charge in [0.2, 0.25) is 0 Å². The molecule has 0 radical (unpaired) electrons. The van der Waals surface area contributed by atoms with Gasteiger partial charge in [0.1, 0.15) is 6.61 Å². The summed E-state index contributed by atoms with van der Waals surface area (Å²) in [5.74, 6) is -0.958. The molecular weight excluding hydrogens is 210 g/mol. The van der Waals surface area contributed by atoms with E-state index < -0.39 is 17.5 Å². The third-order valence-corrected chi connectivity index (χ3v) is 3.17. The highest BCUT2D eigenvalue weighted by Gasteiger charge is 2.48. The van der Waals surface area contributed by atoms with Gasteiger partial charge in [0, 0.05) is 13.1 Å². The number of ether oxygens (including phenoxy) is 1. The molecular formula is C11H17NO4. The maximum atomic E-state index is 11.5. The zero-order valence-electron chi connectivity index (χ0n) is 9.60. The number of hydrogen-bond donors (Lipinski definition) is 1. The predicted octanol–water partition coefficient (Wildman–Crippen LogP) is 1.35. The Morgan fingerprint density at radius 2 is 2.31 bits per heavy atom. The molecule has 0 aliphatic carbocycles. The molecule has 0 bridgehead atoms. The molecule has 0 saturated carbocycles. The molecule has 0 spiro atoms. The molecule has 1 heterocycles. The highest BCUT2D eigenvalue weighted by Crippen LogP contribution is 2.35. The Morgan fingerprint density at radius 3 is 2.75 bits per heavy atom. The molecule has 1 rings (SSSR count). The maximum Gasteiger partial charge on any atom is 0.410 e. The van der Waals surface area contributed by atoms with E-state index in [4.69, 9.17) is 9.84 Å². The van der Waals surface area contributed by atoms with Crippen LogP contribution in [0.5, 0.6) is 0 Å². The van der Waals surface area contributed by atoms with Crippen molar-refractivity contribution in [3.8, 4) is 0 Å². The van der Waals surface area contributed by atoms with E-state index in [0.717, 1.165) is 0 Å². The second-order valence-corrected chi connectivity index (χ2v) is 4.37. The number of carboxylic acid groups (broad SMARTS) is 1. The average molecular weight is 227 g/mol. The second-order valence-electron chi connectivity index (χ2n) is 4.37. The number of nitrogens with zero attached hydrogens (tertiary/aromatic N) is 1. The summed E-state index contributed by atoms with van der Waals surface area (Å²) in [6.45, 7) is 7.68. The molecule has 5 heteroatoms. The van der Waals surface area contributed by atoms with Crippen LogP contribution in [0.2, 0.25) is 0 Å². The number of carbonyl (C=O) groups is 2. The van der Waals surface area contributed by atoms with Crippen molar-refractivity contribution in [1.29, 1.82) is 0 Å². The molecule has 5 nitrogen and oxygen atoms in total. The number of hydrogen-bond acceptors (Lipinski definition) is 3. The van der Waals surface area contributed by atoms with Gasteiger partial charge in [0.05, 0.1) is 5.41 Å². The van der Waals surface area contributed by atoms with E-state index in [1.54, 1.807) is 6.92 Å². The number of aliphatic carboxylic acids is 1. The lowest BCUT2D eigenvalue weighted by Crippen LogP contribution is -2.36. The highest BCUT2D eigenvalue weighted by atomic mass is 16.6. The van der Waals surface area contributed by atoms with Crippen molar-refractivity contribution in [2.24, 2.45) is 11.3 Å². The van der Waals surface area contributed by atoms with Crippen LogP contribution in [-0.4, -0.2) is 41.8 Å². The number of carboxylic acids is 1. The quantitative estimate of drug-likeness (QED) is 0.739. The van der Waals surface area contributed by atoms with Gasteiger partial charge >= 0.3 is 12.1 Å². The Labute approximate surface area is 94.7 Å². The molecule has 1 amide bonds. The molecule has 2 atom stereocenters. The molecule has 1 fully saturated rings. The van der Waals surface area contributed by atoms with E-state index in [-0.39, 0.29) is 19.1 Å². The van der Waals surface area contributed by atoms with Gasteiger partial charge in [-0.2, -0.15) is 0 Å². The van der Waals surface area contributed by atoms with Gasteiger partial charge in [-0.25, -0.2) is 4.79 Å². The fraction of sp³-hybridized carbons (Fsp3) is 0.636. The van der Waals surface area contributed by atoms with E-state index in [2.05, 4.69) is 6.58 Å². The summed E-state index contributed by atoms with van der Waals surface area (Å²) in [4.78, 5) is 24.1. The van der Waals surface area contributed by atoms with Crippen molar-refractivity contribution in [1.82, 2.24) is 4.90 Å². The van der Waals surface area contributed by atoms with Gasteiger partial charge in [-0.05, 0) is 12.8 Å². The molecule has 1 N–H and O–H groups in total. The zero-order valence-corrected chi connectivity index (χ0v) is 9.60. The fourth-order valence-corrected chi connectivity index (χ4v) is 1.79. The van der Waals surface area contributed by atoms with Crippen LogP contribution >= 0.6 is 0 Å². The van der Waals surface area contributed by atoms with Gasteiger partial charge in [-0.3, -0.25) is 4.79 Å². The van der Waals surface area contributed by atoms with Crippen molar-refractivity contribution in [3.05, 3.63) is 12.7 Å². The maximum absolute atomic E-state index is 11.5. The molecule has 1 aliphatic rings. The van der Waals surface area contributed by atoms with Crippen LogP contribution in [0.25, 0.3) is 0 Å². The normalized spacial score (nSPS) is 28.9. The smallest absolute Gasteiger partial charge is 0.410 e.